The van der Waals surface area contributed by atoms with Crippen LogP contribution in [-0.2, 0) is 9.32 Å². The zero-order valence-corrected chi connectivity index (χ0v) is 15.2. The van der Waals surface area contributed by atoms with E-state index in [1.807, 2.05) is 5.38 Å². The zero-order valence-electron chi connectivity index (χ0n) is 13.4. The Morgan fingerprint density at radius 3 is 2.67 bits per heavy atom. The van der Waals surface area contributed by atoms with Gasteiger partial charge in [0.25, 0.3) is 8.32 Å². The number of rotatable bonds is 4. The zero-order chi connectivity index (χ0) is 15.9. The molecule has 1 unspecified atom stereocenters. The second kappa shape index (κ2) is 5.46. The molecule has 7 heteroatoms. The summed E-state index contributed by atoms with van der Waals surface area (Å²) in [6.45, 7) is 11.5. The second-order valence-corrected chi connectivity index (χ2v) is 12.8. The molecule has 2 rings (SSSR count). The molecule has 0 radical (unpaired) electrons. The van der Waals surface area contributed by atoms with E-state index in [1.165, 1.54) is 11.3 Å². The van der Waals surface area contributed by atoms with Crippen LogP contribution in [0.4, 0.5) is 5.13 Å². The van der Waals surface area contributed by atoms with Crippen LogP contribution in [0.25, 0.3) is 0 Å². The van der Waals surface area contributed by atoms with Gasteiger partial charge in [-0.2, -0.15) is 4.98 Å². The summed E-state index contributed by atoms with van der Waals surface area (Å²) in [7, 11) is -2.11. The number of aromatic nitrogens is 1. The maximum absolute atomic E-state index is 11.7. The third-order valence-corrected chi connectivity index (χ3v) is 9.97. The highest BCUT2D eigenvalue weighted by Gasteiger charge is 2.57. The molecule has 21 heavy (non-hydrogen) atoms. The van der Waals surface area contributed by atoms with Crippen LogP contribution in [0.2, 0.25) is 18.1 Å². The molecule has 2 atom stereocenters. The third kappa shape index (κ3) is 2.92. The standard InChI is InChI=1S/C14H24N2O3SSi/c1-14(2,3)21(4,5)19-16(13-15-8-10-20-13)9-6-7-11(16)12(17)18/h8,10-11H,6-7,9H2,1-5H3/p+1/t11?,16-/m0/s1. The van der Waals surface area contributed by atoms with Crippen molar-refractivity contribution >= 4 is 30.8 Å². The third-order valence-electron chi connectivity index (χ3n) is 4.70. The molecular formula is C14H25N2O3SSi+. The van der Waals surface area contributed by atoms with E-state index in [0.29, 0.717) is 13.0 Å². The lowest BCUT2D eigenvalue weighted by atomic mass is 10.2. The molecule has 1 aromatic heterocycles. The summed E-state index contributed by atoms with van der Waals surface area (Å²) in [5.41, 5.74) is 0. The van der Waals surface area contributed by atoms with Gasteiger partial charge in [-0.15, -0.1) is 4.65 Å². The summed E-state index contributed by atoms with van der Waals surface area (Å²) >= 11 is 1.49. The minimum Gasteiger partial charge on any atom is -0.477 e. The predicted molar refractivity (Wildman–Crippen MR) is 87.7 cm³/mol. The molecule has 1 aromatic rings. The molecule has 0 bridgehead atoms. The van der Waals surface area contributed by atoms with Crippen LogP contribution in [0, 0.1) is 0 Å². The first-order valence-corrected chi connectivity index (χ1v) is 11.1. The van der Waals surface area contributed by atoms with Gasteiger partial charge >= 0.3 is 11.1 Å². The highest BCUT2D eigenvalue weighted by Crippen LogP contribution is 2.44. The van der Waals surface area contributed by atoms with Gasteiger partial charge in [0.2, 0.25) is 6.04 Å². The molecule has 5 nitrogen and oxygen atoms in total. The van der Waals surface area contributed by atoms with Crippen molar-refractivity contribution in [1.82, 2.24) is 9.63 Å². The predicted octanol–water partition coefficient (Wildman–Crippen LogP) is 3.63. The van der Waals surface area contributed by atoms with Crippen molar-refractivity contribution in [3.8, 4) is 0 Å². The summed E-state index contributed by atoms with van der Waals surface area (Å²) in [6.07, 6.45) is 3.22. The lowest BCUT2D eigenvalue weighted by Crippen LogP contribution is -2.63. The van der Waals surface area contributed by atoms with E-state index in [-0.39, 0.29) is 9.68 Å². The Bertz CT molecular complexity index is 513. The van der Waals surface area contributed by atoms with Crippen molar-refractivity contribution in [1.29, 1.82) is 0 Å². The van der Waals surface area contributed by atoms with Gasteiger partial charge in [-0.25, -0.2) is 9.32 Å². The lowest BCUT2D eigenvalue weighted by molar-refractivity contribution is -0.154. The fourth-order valence-corrected chi connectivity index (χ4v) is 4.77. The largest absolute Gasteiger partial charge is 0.477 e. The number of aliphatic carboxylic acids is 1. The summed E-state index contributed by atoms with van der Waals surface area (Å²) in [5.74, 6) is -0.790. The molecule has 1 fully saturated rings. The quantitative estimate of drug-likeness (QED) is 0.677. The van der Waals surface area contributed by atoms with E-state index in [9.17, 15) is 9.90 Å². The summed E-state index contributed by atoms with van der Waals surface area (Å²) in [5, 5.41) is 12.3. The smallest absolute Gasteiger partial charge is 0.366 e. The van der Waals surface area contributed by atoms with Crippen LogP contribution < -0.4 is 4.65 Å². The average molecular weight is 330 g/mol. The number of hydrogen-bond acceptors (Lipinski definition) is 4. The summed E-state index contributed by atoms with van der Waals surface area (Å²) in [6, 6.07) is -0.551. The Morgan fingerprint density at radius 1 is 1.52 bits per heavy atom. The van der Waals surface area contributed by atoms with E-state index < -0.39 is 20.3 Å². The maximum atomic E-state index is 11.7. The van der Waals surface area contributed by atoms with Crippen LogP contribution in [0.15, 0.2) is 11.6 Å². The van der Waals surface area contributed by atoms with E-state index in [0.717, 1.165) is 11.6 Å². The maximum Gasteiger partial charge on any atom is 0.366 e. The van der Waals surface area contributed by atoms with Crippen LogP contribution >= 0.6 is 11.3 Å². The van der Waals surface area contributed by atoms with Crippen molar-refractivity contribution < 1.29 is 14.4 Å². The molecule has 0 spiro atoms. The highest BCUT2D eigenvalue weighted by molar-refractivity contribution is 7.13. The number of thiazole rings is 1. The van der Waals surface area contributed by atoms with Crippen molar-refractivity contribution in [3.05, 3.63) is 11.6 Å². The first-order chi connectivity index (χ1) is 9.60. The minimum absolute atomic E-state index is 0.0289. The van der Waals surface area contributed by atoms with Crippen molar-refractivity contribution in [2.45, 2.75) is 57.8 Å². The van der Waals surface area contributed by atoms with E-state index >= 15 is 0 Å². The van der Waals surface area contributed by atoms with Crippen molar-refractivity contribution in [2.24, 2.45) is 0 Å². The second-order valence-electron chi connectivity index (χ2n) is 7.18. The van der Waals surface area contributed by atoms with Crippen molar-refractivity contribution in [3.63, 3.8) is 0 Å². The van der Waals surface area contributed by atoms with Gasteiger partial charge in [0.15, 0.2) is 0 Å². The monoisotopic (exact) mass is 329 g/mol. The molecule has 1 aliphatic rings. The topological polar surface area (TPSA) is 59.4 Å². The molecular weight excluding hydrogens is 304 g/mol. The summed E-state index contributed by atoms with van der Waals surface area (Å²) in [4.78, 5) is 16.1. The molecule has 0 aliphatic carbocycles. The Labute approximate surface area is 131 Å². The van der Waals surface area contributed by atoms with Crippen LogP contribution in [0.1, 0.15) is 33.6 Å². The van der Waals surface area contributed by atoms with Crippen molar-refractivity contribution in [2.75, 3.05) is 6.54 Å². The SMILES string of the molecule is CC(C)(C)[Si](C)(C)O[N@@+]1(c2nccs2)CCCC1C(=O)O. The molecule has 0 saturated carbocycles. The number of hydrogen-bond donors (Lipinski definition) is 1. The number of carbonyl (C=O) groups is 1. The number of quaternary nitrogens is 1. The lowest BCUT2D eigenvalue weighted by Gasteiger charge is -2.43. The molecule has 1 N–H and O–H groups in total. The van der Waals surface area contributed by atoms with Crippen LogP contribution in [0.3, 0.4) is 0 Å². The van der Waals surface area contributed by atoms with Gasteiger partial charge in [0.05, 0.1) is 0 Å². The first-order valence-electron chi connectivity index (χ1n) is 7.31. The number of hydroxylamine groups is 2. The van der Waals surface area contributed by atoms with Gasteiger partial charge in [-0.05, 0) is 18.1 Å². The first kappa shape index (κ1) is 16.6. The van der Waals surface area contributed by atoms with Gasteiger partial charge in [-0.1, -0.05) is 32.1 Å². The Morgan fingerprint density at radius 2 is 2.19 bits per heavy atom. The van der Waals surface area contributed by atoms with E-state index in [1.54, 1.807) is 6.20 Å². The molecule has 118 valence electrons. The van der Waals surface area contributed by atoms with Gasteiger partial charge in [-0.3, -0.25) is 0 Å². The van der Waals surface area contributed by atoms with Gasteiger partial charge in [0, 0.05) is 24.4 Å². The number of carboxylic acid groups (broad SMARTS) is 1. The molecule has 0 aromatic carbocycles. The van der Waals surface area contributed by atoms with E-state index in [2.05, 4.69) is 38.8 Å². The minimum atomic E-state index is -2.11. The Hall–Kier alpha value is -0.763. The fourth-order valence-electron chi connectivity index (χ4n) is 2.51. The normalized spacial score (nSPS) is 27.0. The van der Waals surface area contributed by atoms with Crippen LogP contribution in [-0.4, -0.2) is 37.0 Å². The van der Waals surface area contributed by atoms with Gasteiger partial charge < -0.3 is 5.11 Å². The van der Waals surface area contributed by atoms with Gasteiger partial charge in [0.1, 0.15) is 6.54 Å². The average Bonchev–Trinajstić information content (AvgIpc) is 2.94. The number of nitrogens with zero attached hydrogens (tertiary/aromatic N) is 2. The Balaban J connectivity index is 2.46. The summed E-state index contributed by atoms with van der Waals surface area (Å²) < 4.78 is 6.69. The Kier molecular flexibility index (Phi) is 4.32. The highest BCUT2D eigenvalue weighted by atomic mass is 32.1. The molecule has 2 heterocycles. The molecule has 1 saturated heterocycles. The molecule has 1 aliphatic heterocycles. The fraction of sp³-hybridized carbons (Fsp3) is 0.714. The van der Waals surface area contributed by atoms with Crippen LogP contribution in [0.5, 0.6) is 0 Å². The van der Waals surface area contributed by atoms with E-state index in [4.69, 9.17) is 4.53 Å². The molecule has 0 amide bonds. The number of carboxylic acids is 1.